The first kappa shape index (κ1) is 15.5. The van der Waals surface area contributed by atoms with Crippen LogP contribution in [0.15, 0.2) is 18.2 Å². The monoisotopic (exact) mass is 278 g/mol. The predicted molar refractivity (Wildman–Crippen MR) is 81.1 cm³/mol. The van der Waals surface area contributed by atoms with Crippen LogP contribution in [0.3, 0.4) is 0 Å². The van der Waals surface area contributed by atoms with Crippen LogP contribution in [0.5, 0.6) is 0 Å². The normalized spacial score (nSPS) is 27.6. The van der Waals surface area contributed by atoms with Crippen LogP contribution in [-0.4, -0.2) is 5.11 Å². The molecule has 1 fully saturated rings. The Hall–Kier alpha value is -0.890. The molecule has 2 heteroatoms. The summed E-state index contributed by atoms with van der Waals surface area (Å²) in [6.45, 7) is 8.61. The highest BCUT2D eigenvalue weighted by Crippen LogP contribution is 2.46. The van der Waals surface area contributed by atoms with Crippen LogP contribution in [0.1, 0.15) is 64.0 Å². The average Bonchev–Trinajstić information content (AvgIpc) is 2.42. The van der Waals surface area contributed by atoms with Crippen LogP contribution >= 0.6 is 0 Å². The lowest BCUT2D eigenvalue weighted by Gasteiger charge is -2.42. The van der Waals surface area contributed by atoms with Gasteiger partial charge in [-0.25, -0.2) is 4.39 Å². The maximum atomic E-state index is 13.7. The van der Waals surface area contributed by atoms with Gasteiger partial charge in [0.25, 0.3) is 0 Å². The fourth-order valence-electron chi connectivity index (χ4n) is 3.34. The molecule has 0 aromatic heterocycles. The van der Waals surface area contributed by atoms with E-state index in [1.165, 1.54) is 6.07 Å². The third-order valence-electron chi connectivity index (χ3n) is 5.54. The summed E-state index contributed by atoms with van der Waals surface area (Å²) in [7, 11) is 0. The SMILES string of the molecule is CCC(C)(C)C1CCC(O)(c2ccc(C)c(F)c2)CC1. The molecule has 0 aliphatic heterocycles. The standard InChI is InChI=1S/C18H27FO/c1-5-17(3,4)14-8-10-18(20,11-9-14)15-7-6-13(2)16(19)12-15/h6-7,12,14,20H,5,8-11H2,1-4H3. The minimum Gasteiger partial charge on any atom is -0.385 e. The van der Waals surface area contributed by atoms with Crippen molar-refractivity contribution >= 4 is 0 Å². The van der Waals surface area contributed by atoms with E-state index < -0.39 is 5.60 Å². The van der Waals surface area contributed by atoms with E-state index in [2.05, 4.69) is 20.8 Å². The predicted octanol–water partition coefficient (Wildman–Crippen LogP) is 4.95. The molecule has 2 rings (SSSR count). The summed E-state index contributed by atoms with van der Waals surface area (Å²) in [5.41, 5.74) is 0.876. The first-order valence-corrected chi connectivity index (χ1v) is 7.77. The Kier molecular flexibility index (Phi) is 4.24. The minimum absolute atomic E-state index is 0.216. The number of halogens is 1. The van der Waals surface area contributed by atoms with Crippen molar-refractivity contribution in [3.63, 3.8) is 0 Å². The number of hydrogen-bond acceptors (Lipinski definition) is 1. The van der Waals surface area contributed by atoms with Gasteiger partial charge in [-0.05, 0) is 61.1 Å². The molecule has 0 heterocycles. The number of rotatable bonds is 3. The summed E-state index contributed by atoms with van der Waals surface area (Å²) in [5.74, 6) is 0.440. The van der Waals surface area contributed by atoms with Crippen LogP contribution in [0.4, 0.5) is 4.39 Å². The molecule has 1 N–H and O–H groups in total. The zero-order valence-electron chi connectivity index (χ0n) is 13.2. The quantitative estimate of drug-likeness (QED) is 0.829. The molecule has 0 saturated heterocycles. The van der Waals surface area contributed by atoms with Crippen molar-refractivity contribution in [2.75, 3.05) is 0 Å². The van der Waals surface area contributed by atoms with Crippen molar-refractivity contribution in [3.8, 4) is 0 Å². The zero-order chi connectivity index (χ0) is 15.0. The molecule has 1 nitrogen and oxygen atoms in total. The van der Waals surface area contributed by atoms with E-state index in [0.29, 0.717) is 16.9 Å². The van der Waals surface area contributed by atoms with Crippen molar-refractivity contribution in [2.24, 2.45) is 11.3 Å². The molecule has 1 aromatic rings. The van der Waals surface area contributed by atoms with E-state index in [4.69, 9.17) is 0 Å². The number of aryl methyl sites for hydroxylation is 1. The molecule has 0 amide bonds. The third-order valence-corrected chi connectivity index (χ3v) is 5.54. The highest BCUT2D eigenvalue weighted by Gasteiger charge is 2.39. The molecule has 0 spiro atoms. The fourth-order valence-corrected chi connectivity index (χ4v) is 3.34. The van der Waals surface area contributed by atoms with Gasteiger partial charge in [0.15, 0.2) is 0 Å². The van der Waals surface area contributed by atoms with Crippen molar-refractivity contribution in [3.05, 3.63) is 35.1 Å². The lowest BCUT2D eigenvalue weighted by atomic mass is 9.65. The van der Waals surface area contributed by atoms with Crippen molar-refractivity contribution in [2.45, 2.75) is 65.4 Å². The summed E-state index contributed by atoms with van der Waals surface area (Å²) < 4.78 is 13.7. The second-order valence-electron chi connectivity index (χ2n) is 7.11. The zero-order valence-corrected chi connectivity index (χ0v) is 13.2. The Labute approximate surface area is 122 Å². The van der Waals surface area contributed by atoms with Gasteiger partial charge in [0.1, 0.15) is 5.82 Å². The molecular formula is C18H27FO. The minimum atomic E-state index is -0.838. The van der Waals surface area contributed by atoms with E-state index in [1.807, 2.05) is 6.07 Å². The highest BCUT2D eigenvalue weighted by molar-refractivity contribution is 5.28. The molecule has 1 aromatic carbocycles. The van der Waals surface area contributed by atoms with Crippen molar-refractivity contribution < 1.29 is 9.50 Å². The van der Waals surface area contributed by atoms with Crippen LogP contribution in [0.2, 0.25) is 0 Å². The van der Waals surface area contributed by atoms with Crippen LogP contribution in [-0.2, 0) is 5.60 Å². The van der Waals surface area contributed by atoms with Gasteiger partial charge in [-0.15, -0.1) is 0 Å². The Morgan fingerprint density at radius 1 is 1.30 bits per heavy atom. The number of benzene rings is 1. The maximum absolute atomic E-state index is 13.7. The molecule has 1 saturated carbocycles. The third kappa shape index (κ3) is 2.90. The summed E-state index contributed by atoms with van der Waals surface area (Å²) in [4.78, 5) is 0. The van der Waals surface area contributed by atoms with Crippen LogP contribution in [0, 0.1) is 24.1 Å². The van der Waals surface area contributed by atoms with E-state index in [0.717, 1.165) is 37.7 Å². The van der Waals surface area contributed by atoms with Crippen LogP contribution < -0.4 is 0 Å². The van der Waals surface area contributed by atoms with Gasteiger partial charge in [-0.2, -0.15) is 0 Å². The Morgan fingerprint density at radius 3 is 2.40 bits per heavy atom. The van der Waals surface area contributed by atoms with E-state index >= 15 is 0 Å². The average molecular weight is 278 g/mol. The number of aliphatic hydroxyl groups is 1. The maximum Gasteiger partial charge on any atom is 0.126 e. The Morgan fingerprint density at radius 2 is 1.90 bits per heavy atom. The fraction of sp³-hybridized carbons (Fsp3) is 0.667. The van der Waals surface area contributed by atoms with Gasteiger partial charge < -0.3 is 5.11 Å². The Balaban J connectivity index is 2.13. The van der Waals surface area contributed by atoms with Gasteiger partial charge in [0.05, 0.1) is 5.60 Å². The number of hydrogen-bond donors (Lipinski definition) is 1. The molecule has 112 valence electrons. The molecule has 0 unspecified atom stereocenters. The summed E-state index contributed by atoms with van der Waals surface area (Å²) >= 11 is 0. The second-order valence-corrected chi connectivity index (χ2v) is 7.11. The topological polar surface area (TPSA) is 20.2 Å². The molecule has 1 aliphatic rings. The lowest BCUT2D eigenvalue weighted by Crippen LogP contribution is -2.36. The molecule has 20 heavy (non-hydrogen) atoms. The van der Waals surface area contributed by atoms with Crippen molar-refractivity contribution in [1.29, 1.82) is 0 Å². The van der Waals surface area contributed by atoms with Gasteiger partial charge in [0.2, 0.25) is 0 Å². The van der Waals surface area contributed by atoms with E-state index in [-0.39, 0.29) is 5.82 Å². The Bertz CT molecular complexity index is 470. The van der Waals surface area contributed by atoms with Gasteiger partial charge >= 0.3 is 0 Å². The molecule has 0 bridgehead atoms. The van der Waals surface area contributed by atoms with Gasteiger partial charge in [-0.3, -0.25) is 0 Å². The molecular weight excluding hydrogens is 251 g/mol. The molecule has 0 atom stereocenters. The van der Waals surface area contributed by atoms with Crippen molar-refractivity contribution in [1.82, 2.24) is 0 Å². The summed E-state index contributed by atoms with van der Waals surface area (Å²) in [6.07, 6.45) is 4.68. The first-order valence-electron chi connectivity index (χ1n) is 7.77. The summed E-state index contributed by atoms with van der Waals surface area (Å²) in [6, 6.07) is 5.16. The molecule has 1 aliphatic carbocycles. The van der Waals surface area contributed by atoms with Gasteiger partial charge in [0, 0.05) is 0 Å². The largest absolute Gasteiger partial charge is 0.385 e. The summed E-state index contributed by atoms with van der Waals surface area (Å²) in [5, 5.41) is 10.8. The highest BCUT2D eigenvalue weighted by atomic mass is 19.1. The van der Waals surface area contributed by atoms with Crippen LogP contribution in [0.25, 0.3) is 0 Å². The first-order chi connectivity index (χ1) is 9.28. The van der Waals surface area contributed by atoms with Gasteiger partial charge in [-0.1, -0.05) is 39.3 Å². The smallest absolute Gasteiger partial charge is 0.126 e. The van der Waals surface area contributed by atoms with E-state index in [1.54, 1.807) is 13.0 Å². The van der Waals surface area contributed by atoms with E-state index in [9.17, 15) is 9.50 Å². The lowest BCUT2D eigenvalue weighted by molar-refractivity contribution is -0.0330. The molecule has 0 radical (unpaired) electrons. The second kappa shape index (κ2) is 5.48.